The number of anilines is 1. The average molecular weight is 351 g/mol. The van der Waals surface area contributed by atoms with Crippen molar-refractivity contribution in [2.45, 2.75) is 6.54 Å². The number of hydrogen-bond acceptors (Lipinski definition) is 4. The Morgan fingerprint density at radius 1 is 1.22 bits per heavy atom. The van der Waals surface area contributed by atoms with E-state index in [1.165, 1.54) is 17.0 Å². The van der Waals surface area contributed by atoms with Gasteiger partial charge in [0.25, 0.3) is 5.91 Å². The number of amides is 1. The number of thiophene rings is 1. The number of morpholine rings is 1. The molecule has 1 aliphatic rings. The second-order valence-electron chi connectivity index (χ2n) is 5.53. The molecule has 0 bridgehead atoms. The summed E-state index contributed by atoms with van der Waals surface area (Å²) in [7, 11) is 1.81. The zero-order valence-corrected chi connectivity index (χ0v) is 14.6. The second kappa shape index (κ2) is 7.34. The highest BCUT2D eigenvalue weighted by molar-refractivity contribution is 7.17. The summed E-state index contributed by atoms with van der Waals surface area (Å²) in [5.74, 6) is -0.000782. The molecule has 2 aromatic rings. The average Bonchev–Trinajstić information content (AvgIpc) is 3.02. The maximum absolute atomic E-state index is 12.3. The summed E-state index contributed by atoms with van der Waals surface area (Å²) in [6, 6.07) is 11.9. The van der Waals surface area contributed by atoms with Crippen LogP contribution in [-0.2, 0) is 11.3 Å². The number of carbonyl (C=O) groups is 1. The Kier molecular flexibility index (Phi) is 5.20. The van der Waals surface area contributed by atoms with Crippen LogP contribution in [0.3, 0.4) is 0 Å². The molecule has 0 atom stereocenters. The molecule has 23 heavy (non-hydrogen) atoms. The van der Waals surface area contributed by atoms with Gasteiger partial charge in [-0.2, -0.15) is 0 Å². The molecule has 1 aromatic carbocycles. The molecule has 3 rings (SSSR count). The van der Waals surface area contributed by atoms with Gasteiger partial charge in [0, 0.05) is 32.4 Å². The molecule has 4 nitrogen and oxygen atoms in total. The Balaban J connectivity index is 1.62. The smallest absolute Gasteiger partial charge is 0.264 e. The summed E-state index contributed by atoms with van der Waals surface area (Å²) in [5.41, 5.74) is 2.32. The van der Waals surface area contributed by atoms with E-state index in [0.717, 1.165) is 31.9 Å². The summed E-state index contributed by atoms with van der Waals surface area (Å²) in [4.78, 5) is 17.0. The minimum absolute atomic E-state index is 0.000782. The van der Waals surface area contributed by atoms with E-state index in [2.05, 4.69) is 29.2 Å². The Morgan fingerprint density at radius 3 is 2.52 bits per heavy atom. The van der Waals surface area contributed by atoms with E-state index in [1.54, 1.807) is 17.0 Å². The fraction of sp³-hybridized carbons (Fsp3) is 0.353. The molecule has 0 N–H and O–H groups in total. The standard InChI is InChI=1S/C17H19ClN2O2S/c1-19(17(21)15-6-7-16(18)23-15)12-13-2-4-14(5-3-13)20-8-10-22-11-9-20/h2-7H,8-12H2,1H3. The van der Waals surface area contributed by atoms with Gasteiger partial charge in [-0.25, -0.2) is 0 Å². The van der Waals surface area contributed by atoms with Crippen LogP contribution in [0.15, 0.2) is 36.4 Å². The number of halogens is 1. The lowest BCUT2D eigenvalue weighted by Gasteiger charge is -2.29. The van der Waals surface area contributed by atoms with E-state index in [4.69, 9.17) is 16.3 Å². The number of nitrogens with zero attached hydrogens (tertiary/aromatic N) is 2. The third-order valence-electron chi connectivity index (χ3n) is 3.86. The van der Waals surface area contributed by atoms with Crippen molar-refractivity contribution in [3.8, 4) is 0 Å². The third kappa shape index (κ3) is 4.05. The molecule has 6 heteroatoms. The highest BCUT2D eigenvalue weighted by atomic mass is 35.5. The maximum Gasteiger partial charge on any atom is 0.264 e. The molecule has 0 saturated carbocycles. The fourth-order valence-electron chi connectivity index (χ4n) is 2.60. The quantitative estimate of drug-likeness (QED) is 0.846. The number of hydrogen-bond donors (Lipinski definition) is 0. The van der Waals surface area contributed by atoms with Crippen LogP contribution in [0.1, 0.15) is 15.2 Å². The molecule has 1 aliphatic heterocycles. The third-order valence-corrected chi connectivity index (χ3v) is 5.08. The van der Waals surface area contributed by atoms with Crippen LogP contribution in [0, 0.1) is 0 Å². The predicted molar refractivity (Wildman–Crippen MR) is 94.6 cm³/mol. The van der Waals surface area contributed by atoms with Crippen LogP contribution in [0.25, 0.3) is 0 Å². The predicted octanol–water partition coefficient (Wildman–Crippen LogP) is 3.51. The summed E-state index contributed by atoms with van der Waals surface area (Å²) in [6.45, 7) is 4.00. The molecule has 1 fully saturated rings. The van der Waals surface area contributed by atoms with Crippen molar-refractivity contribution in [3.63, 3.8) is 0 Å². The minimum Gasteiger partial charge on any atom is -0.378 e. The van der Waals surface area contributed by atoms with Crippen LogP contribution >= 0.6 is 22.9 Å². The Labute approximate surface area is 145 Å². The number of carbonyl (C=O) groups excluding carboxylic acids is 1. The van der Waals surface area contributed by atoms with E-state index in [1.807, 2.05) is 7.05 Å². The van der Waals surface area contributed by atoms with Crippen LogP contribution in [0.5, 0.6) is 0 Å². The number of ether oxygens (including phenoxy) is 1. The van der Waals surface area contributed by atoms with Crippen molar-refractivity contribution in [3.05, 3.63) is 51.2 Å². The molecule has 0 radical (unpaired) electrons. The molecule has 122 valence electrons. The fourth-order valence-corrected chi connectivity index (χ4v) is 3.63. The largest absolute Gasteiger partial charge is 0.378 e. The van der Waals surface area contributed by atoms with Gasteiger partial charge in [-0.05, 0) is 29.8 Å². The highest BCUT2D eigenvalue weighted by Crippen LogP contribution is 2.23. The van der Waals surface area contributed by atoms with Gasteiger partial charge in [0.2, 0.25) is 0 Å². The SMILES string of the molecule is CN(Cc1ccc(N2CCOCC2)cc1)C(=O)c1ccc(Cl)s1. The van der Waals surface area contributed by atoms with Gasteiger partial charge in [0.05, 0.1) is 22.4 Å². The Hall–Kier alpha value is -1.56. The lowest BCUT2D eigenvalue weighted by atomic mass is 10.1. The van der Waals surface area contributed by atoms with Crippen LogP contribution in [0.4, 0.5) is 5.69 Å². The first kappa shape index (κ1) is 16.3. The molecule has 0 aliphatic carbocycles. The normalized spacial score (nSPS) is 14.8. The molecule has 0 unspecified atom stereocenters. The van der Waals surface area contributed by atoms with Gasteiger partial charge in [-0.3, -0.25) is 4.79 Å². The van der Waals surface area contributed by atoms with E-state index >= 15 is 0 Å². The van der Waals surface area contributed by atoms with E-state index in [-0.39, 0.29) is 5.91 Å². The zero-order valence-electron chi connectivity index (χ0n) is 13.0. The molecular weight excluding hydrogens is 332 g/mol. The monoisotopic (exact) mass is 350 g/mol. The topological polar surface area (TPSA) is 32.8 Å². The lowest BCUT2D eigenvalue weighted by molar-refractivity contribution is 0.0790. The van der Waals surface area contributed by atoms with Crippen molar-refractivity contribution >= 4 is 34.5 Å². The van der Waals surface area contributed by atoms with Crippen molar-refractivity contribution in [1.29, 1.82) is 0 Å². The van der Waals surface area contributed by atoms with Crippen LogP contribution < -0.4 is 4.90 Å². The highest BCUT2D eigenvalue weighted by Gasteiger charge is 2.15. The first-order valence-corrected chi connectivity index (χ1v) is 8.75. The van der Waals surface area contributed by atoms with Gasteiger partial charge in [-0.15, -0.1) is 11.3 Å². The maximum atomic E-state index is 12.3. The molecule has 1 saturated heterocycles. The second-order valence-corrected chi connectivity index (χ2v) is 7.25. The van der Waals surface area contributed by atoms with Crippen molar-refractivity contribution in [2.24, 2.45) is 0 Å². The van der Waals surface area contributed by atoms with Crippen molar-refractivity contribution in [2.75, 3.05) is 38.3 Å². The lowest BCUT2D eigenvalue weighted by Crippen LogP contribution is -2.36. The van der Waals surface area contributed by atoms with Crippen molar-refractivity contribution < 1.29 is 9.53 Å². The summed E-state index contributed by atoms with van der Waals surface area (Å²) < 4.78 is 6.01. The molecule has 2 heterocycles. The molecule has 0 spiro atoms. The number of rotatable bonds is 4. The van der Waals surface area contributed by atoms with Crippen molar-refractivity contribution in [1.82, 2.24) is 4.90 Å². The van der Waals surface area contributed by atoms with Gasteiger partial charge >= 0.3 is 0 Å². The van der Waals surface area contributed by atoms with E-state index in [9.17, 15) is 4.79 Å². The van der Waals surface area contributed by atoms with E-state index in [0.29, 0.717) is 15.8 Å². The van der Waals surface area contributed by atoms with E-state index < -0.39 is 0 Å². The zero-order chi connectivity index (χ0) is 16.2. The van der Waals surface area contributed by atoms with Gasteiger partial charge in [0.15, 0.2) is 0 Å². The van der Waals surface area contributed by atoms with Crippen LogP contribution in [-0.4, -0.2) is 44.2 Å². The Morgan fingerprint density at radius 2 is 1.91 bits per heavy atom. The molecule has 1 aromatic heterocycles. The van der Waals surface area contributed by atoms with Gasteiger partial charge in [0.1, 0.15) is 0 Å². The first-order valence-electron chi connectivity index (χ1n) is 7.56. The van der Waals surface area contributed by atoms with Crippen LogP contribution in [0.2, 0.25) is 4.34 Å². The van der Waals surface area contributed by atoms with Gasteiger partial charge < -0.3 is 14.5 Å². The number of benzene rings is 1. The first-order chi connectivity index (χ1) is 11.1. The summed E-state index contributed by atoms with van der Waals surface area (Å²) in [5, 5.41) is 0. The van der Waals surface area contributed by atoms with Gasteiger partial charge in [-0.1, -0.05) is 23.7 Å². The minimum atomic E-state index is -0.000782. The summed E-state index contributed by atoms with van der Waals surface area (Å²) >= 11 is 7.21. The molecule has 1 amide bonds. The Bertz CT molecular complexity index is 665. The summed E-state index contributed by atoms with van der Waals surface area (Å²) in [6.07, 6.45) is 0. The molecular formula is C17H19ClN2O2S.